The molecule has 9 nitrogen and oxygen atoms in total. The quantitative estimate of drug-likeness (QED) is 0.202. The van der Waals surface area contributed by atoms with Crippen LogP contribution in [0.15, 0.2) is 60.8 Å². The Bertz CT molecular complexity index is 1370. The van der Waals surface area contributed by atoms with E-state index in [9.17, 15) is 22.8 Å². The van der Waals surface area contributed by atoms with E-state index in [0.717, 1.165) is 66.5 Å². The molecule has 1 fully saturated rings. The number of carbonyl (C=O) groups excluding carboxylic acids is 2. The van der Waals surface area contributed by atoms with Crippen molar-refractivity contribution in [1.82, 2.24) is 10.3 Å². The number of nitrogens with two attached hydrogens (primary N) is 3. The van der Waals surface area contributed by atoms with Gasteiger partial charge < -0.3 is 32.3 Å². The Balaban J connectivity index is 1.44. The summed E-state index contributed by atoms with van der Waals surface area (Å²) < 4.78 is 40.1. The number of nitrogens with one attached hydrogen (secondary N) is 2. The molecule has 12 heteroatoms. The third-order valence-corrected chi connectivity index (χ3v) is 8.37. The Morgan fingerprint density at radius 3 is 2.26 bits per heavy atom. The molecule has 2 atom stereocenters. The van der Waals surface area contributed by atoms with E-state index in [0.29, 0.717) is 30.8 Å². The van der Waals surface area contributed by atoms with Gasteiger partial charge in [-0.2, -0.15) is 13.2 Å². The highest BCUT2D eigenvalue weighted by Gasteiger charge is 2.35. The third kappa shape index (κ3) is 8.73. The molecule has 4 rings (SSSR count). The van der Waals surface area contributed by atoms with Gasteiger partial charge in [-0.25, -0.2) is 0 Å². The van der Waals surface area contributed by atoms with Gasteiger partial charge >= 0.3 is 6.18 Å². The number of para-hydroxylation sites is 1. The zero-order valence-electron chi connectivity index (χ0n) is 24.2. The Hall–Kier alpha value is -3.58. The fourth-order valence-corrected chi connectivity index (χ4v) is 5.90. The Labute approximate surface area is 249 Å². The summed E-state index contributed by atoms with van der Waals surface area (Å²) in [6.45, 7) is 4.75. The zero-order valence-corrected chi connectivity index (χ0v) is 24.2. The lowest BCUT2D eigenvalue weighted by Crippen LogP contribution is -2.58. The zero-order chi connectivity index (χ0) is 31.0. The molecule has 0 radical (unpaired) electrons. The first-order chi connectivity index (χ1) is 20.5. The summed E-state index contributed by atoms with van der Waals surface area (Å²) in [4.78, 5) is 31.0. The molecule has 43 heavy (non-hydrogen) atoms. The first-order valence-electron chi connectivity index (χ1n) is 14.6. The molecule has 1 aliphatic rings. The number of nitrogens with zero attached hydrogens (tertiary/aromatic N) is 2. The normalized spacial score (nSPS) is 16.9. The molecular formula is C31H41F3N7O2+. The van der Waals surface area contributed by atoms with Gasteiger partial charge in [-0.05, 0) is 55.0 Å². The van der Waals surface area contributed by atoms with Crippen molar-refractivity contribution in [1.29, 1.82) is 0 Å². The van der Waals surface area contributed by atoms with Crippen LogP contribution in [0.25, 0.3) is 10.9 Å². The smallest absolute Gasteiger partial charge is 0.343 e. The third-order valence-electron chi connectivity index (χ3n) is 8.37. The van der Waals surface area contributed by atoms with Crippen LogP contribution in [0.5, 0.6) is 0 Å². The summed E-state index contributed by atoms with van der Waals surface area (Å²) in [6.07, 6.45) is -0.742. The van der Waals surface area contributed by atoms with E-state index < -0.39 is 35.6 Å². The molecule has 1 saturated heterocycles. The van der Waals surface area contributed by atoms with E-state index in [4.69, 9.17) is 17.2 Å². The first kappa shape index (κ1) is 32.3. The molecule has 232 valence electrons. The standard InChI is InChI=1S/C31H40F3N7O2/c32-31(33,34)24-7-5-21(6-8-24)18-28(30(43)39-25-19-23-3-1-2-4-27(23)38-20-25)40-29(42)26(37)17-22-9-13-41(14-10-22,15-11-35)16-12-36/h1-8,19-20,22,26,28H,9-18,35-37H2,(H-,39,40,42,43)/p+1/t26-,28-/m0/s1. The number of hydrogen-bond donors (Lipinski definition) is 5. The van der Waals surface area contributed by atoms with Gasteiger partial charge in [-0.3, -0.25) is 14.6 Å². The van der Waals surface area contributed by atoms with Crippen LogP contribution >= 0.6 is 0 Å². The molecule has 1 aromatic heterocycles. The number of pyridine rings is 1. The van der Waals surface area contributed by atoms with Gasteiger partial charge in [-0.1, -0.05) is 30.3 Å². The summed E-state index contributed by atoms with van der Waals surface area (Å²) in [5, 5.41) is 6.37. The molecule has 0 aliphatic carbocycles. The maximum atomic E-state index is 13.4. The predicted octanol–water partition coefficient (Wildman–Crippen LogP) is 2.78. The predicted molar refractivity (Wildman–Crippen MR) is 161 cm³/mol. The van der Waals surface area contributed by atoms with Gasteiger partial charge in [0.25, 0.3) is 0 Å². The Morgan fingerprint density at radius 2 is 1.63 bits per heavy atom. The van der Waals surface area contributed by atoms with Crippen molar-refractivity contribution < 1.29 is 27.2 Å². The van der Waals surface area contributed by atoms with Crippen LogP contribution in [0.1, 0.15) is 30.4 Å². The highest BCUT2D eigenvalue weighted by molar-refractivity contribution is 5.99. The van der Waals surface area contributed by atoms with Crippen LogP contribution in [0, 0.1) is 5.92 Å². The number of amides is 2. The van der Waals surface area contributed by atoms with Crippen molar-refractivity contribution in [3.05, 3.63) is 71.9 Å². The van der Waals surface area contributed by atoms with E-state index >= 15 is 0 Å². The fourth-order valence-electron chi connectivity index (χ4n) is 5.90. The van der Waals surface area contributed by atoms with Crippen molar-refractivity contribution in [3.8, 4) is 0 Å². The molecule has 2 aromatic carbocycles. The number of quaternary nitrogens is 1. The van der Waals surface area contributed by atoms with Gasteiger partial charge in [-0.15, -0.1) is 0 Å². The number of benzene rings is 2. The fraction of sp³-hybridized carbons (Fsp3) is 0.452. The minimum Gasteiger partial charge on any atom is -0.343 e. The number of halogens is 3. The second-order valence-corrected chi connectivity index (χ2v) is 11.5. The summed E-state index contributed by atoms with van der Waals surface area (Å²) in [6, 6.07) is 11.8. The number of hydrogen-bond acceptors (Lipinski definition) is 6. The van der Waals surface area contributed by atoms with Crippen molar-refractivity contribution >= 4 is 28.4 Å². The van der Waals surface area contributed by atoms with Crippen LogP contribution in [-0.4, -0.2) is 72.6 Å². The SMILES string of the molecule is NCC[N+]1(CCN)CCC(C[C@H](N)C(=O)N[C@@H](Cc2ccc(C(F)(F)F)cc2)C(=O)Nc2cnc3ccccc3c2)CC1. The van der Waals surface area contributed by atoms with Gasteiger partial charge in [0.2, 0.25) is 11.8 Å². The lowest BCUT2D eigenvalue weighted by Gasteiger charge is -2.44. The number of likely N-dealkylation sites (tertiary alicyclic amines) is 1. The highest BCUT2D eigenvalue weighted by Crippen LogP contribution is 2.29. The number of rotatable bonds is 12. The second kappa shape index (κ2) is 14.3. The van der Waals surface area contributed by atoms with Gasteiger partial charge in [0.05, 0.1) is 55.2 Å². The first-order valence-corrected chi connectivity index (χ1v) is 14.6. The number of piperidine rings is 1. The lowest BCUT2D eigenvalue weighted by molar-refractivity contribution is -0.931. The second-order valence-electron chi connectivity index (χ2n) is 11.5. The topological polar surface area (TPSA) is 149 Å². The summed E-state index contributed by atoms with van der Waals surface area (Å²) in [5.41, 5.74) is 18.9. The van der Waals surface area contributed by atoms with Crippen molar-refractivity contribution in [2.45, 2.75) is 43.9 Å². The van der Waals surface area contributed by atoms with E-state index in [1.807, 2.05) is 24.3 Å². The molecular weight excluding hydrogens is 559 g/mol. The minimum atomic E-state index is -4.48. The molecule has 3 aromatic rings. The average molecular weight is 601 g/mol. The Kier molecular flexibility index (Phi) is 10.7. The van der Waals surface area contributed by atoms with Crippen molar-refractivity contribution in [2.24, 2.45) is 23.1 Å². The van der Waals surface area contributed by atoms with Crippen LogP contribution in [0.4, 0.5) is 18.9 Å². The summed E-state index contributed by atoms with van der Waals surface area (Å²) in [7, 11) is 0. The van der Waals surface area contributed by atoms with Crippen molar-refractivity contribution in [3.63, 3.8) is 0 Å². The van der Waals surface area contributed by atoms with Crippen LogP contribution in [0.2, 0.25) is 0 Å². The van der Waals surface area contributed by atoms with Gasteiger partial charge in [0.15, 0.2) is 0 Å². The number of aromatic nitrogens is 1. The molecule has 8 N–H and O–H groups in total. The van der Waals surface area contributed by atoms with Gasteiger partial charge in [0.1, 0.15) is 6.04 Å². The summed E-state index contributed by atoms with van der Waals surface area (Å²) >= 11 is 0. The number of anilines is 1. The molecule has 0 unspecified atom stereocenters. The minimum absolute atomic E-state index is 0.0228. The van der Waals surface area contributed by atoms with Crippen LogP contribution < -0.4 is 27.8 Å². The molecule has 2 heterocycles. The largest absolute Gasteiger partial charge is 0.416 e. The molecule has 0 spiro atoms. The van der Waals surface area contributed by atoms with Crippen LogP contribution in [-0.2, 0) is 22.2 Å². The summed E-state index contributed by atoms with van der Waals surface area (Å²) in [5.74, 6) is -0.770. The molecule has 2 amide bonds. The van der Waals surface area contributed by atoms with E-state index in [1.165, 1.54) is 18.3 Å². The number of alkyl halides is 3. The average Bonchev–Trinajstić information content (AvgIpc) is 2.98. The molecule has 0 saturated carbocycles. The van der Waals surface area contributed by atoms with E-state index in [1.54, 1.807) is 6.07 Å². The van der Waals surface area contributed by atoms with E-state index in [2.05, 4.69) is 15.6 Å². The lowest BCUT2D eigenvalue weighted by atomic mass is 9.88. The maximum Gasteiger partial charge on any atom is 0.416 e. The highest BCUT2D eigenvalue weighted by atomic mass is 19.4. The molecule has 0 bridgehead atoms. The number of carbonyl (C=O) groups is 2. The number of fused-ring (bicyclic) bond motifs is 1. The Morgan fingerprint density at radius 1 is 0.977 bits per heavy atom. The maximum absolute atomic E-state index is 13.4. The monoisotopic (exact) mass is 600 g/mol. The van der Waals surface area contributed by atoms with Gasteiger partial charge in [0, 0.05) is 24.9 Å². The van der Waals surface area contributed by atoms with Crippen molar-refractivity contribution in [2.75, 3.05) is 44.6 Å². The molecule has 1 aliphatic heterocycles. The van der Waals surface area contributed by atoms with Crippen LogP contribution in [0.3, 0.4) is 0 Å². The van der Waals surface area contributed by atoms with E-state index in [-0.39, 0.29) is 12.3 Å².